The average Bonchev–Trinajstić information content (AvgIpc) is 3.26. The molecule has 1 aliphatic rings. The van der Waals surface area contributed by atoms with Gasteiger partial charge in [0.1, 0.15) is 0 Å². The van der Waals surface area contributed by atoms with Crippen LogP contribution in [0.25, 0.3) is 11.3 Å². The molecule has 0 saturated carbocycles. The Labute approximate surface area is 164 Å². The number of piperazine rings is 1. The van der Waals surface area contributed by atoms with Crippen LogP contribution in [0.2, 0.25) is 0 Å². The summed E-state index contributed by atoms with van der Waals surface area (Å²) in [5, 5.41) is 6.83. The van der Waals surface area contributed by atoms with Crippen molar-refractivity contribution in [2.24, 2.45) is 0 Å². The molecule has 144 valence electrons. The zero-order valence-electron chi connectivity index (χ0n) is 15.8. The maximum Gasteiger partial charge on any atom is 0.273 e. The van der Waals surface area contributed by atoms with Crippen LogP contribution in [-0.4, -0.2) is 55.2 Å². The number of carbonyl (C=O) groups is 1. The Hall–Kier alpha value is -3.12. The summed E-state index contributed by atoms with van der Waals surface area (Å²) in [6, 6.07) is 21.8. The summed E-state index contributed by atoms with van der Waals surface area (Å²) in [5.74, 6) is 0.400. The molecule has 1 fully saturated rings. The van der Waals surface area contributed by atoms with Gasteiger partial charge in [-0.15, -0.1) is 0 Å². The second kappa shape index (κ2) is 8.71. The standard InChI is InChI=1S/C22H24N4O2/c27-22(20-17-21(28-24-20)18-7-3-1-4-8-18)23-11-12-25-13-15-26(16-14-25)19-9-5-2-6-10-19/h1-10,17H,11-16H2,(H,23,27). The number of amides is 1. The molecule has 2 heterocycles. The molecule has 0 radical (unpaired) electrons. The molecule has 2 aromatic carbocycles. The van der Waals surface area contributed by atoms with E-state index in [-0.39, 0.29) is 5.91 Å². The molecular formula is C22H24N4O2. The van der Waals surface area contributed by atoms with Gasteiger partial charge >= 0.3 is 0 Å². The molecule has 1 N–H and O–H groups in total. The van der Waals surface area contributed by atoms with Crippen LogP contribution in [0.15, 0.2) is 71.3 Å². The summed E-state index contributed by atoms with van der Waals surface area (Å²) in [4.78, 5) is 17.1. The van der Waals surface area contributed by atoms with Crippen LogP contribution in [0.4, 0.5) is 5.69 Å². The van der Waals surface area contributed by atoms with E-state index in [4.69, 9.17) is 4.52 Å². The SMILES string of the molecule is O=C(NCCN1CCN(c2ccccc2)CC1)c1cc(-c2ccccc2)on1. The molecule has 0 spiro atoms. The van der Waals surface area contributed by atoms with Gasteiger partial charge in [-0.05, 0) is 12.1 Å². The minimum atomic E-state index is -0.200. The number of hydrogen-bond acceptors (Lipinski definition) is 5. The van der Waals surface area contributed by atoms with E-state index in [1.165, 1.54) is 5.69 Å². The molecule has 0 unspecified atom stereocenters. The van der Waals surface area contributed by atoms with Crippen molar-refractivity contribution in [2.75, 3.05) is 44.2 Å². The van der Waals surface area contributed by atoms with Gasteiger partial charge in [0.15, 0.2) is 11.5 Å². The number of nitrogens with zero attached hydrogens (tertiary/aromatic N) is 3. The van der Waals surface area contributed by atoms with Crippen LogP contribution in [0.5, 0.6) is 0 Å². The lowest BCUT2D eigenvalue weighted by Crippen LogP contribution is -2.48. The maximum atomic E-state index is 12.3. The number of benzene rings is 2. The number of hydrogen-bond donors (Lipinski definition) is 1. The number of nitrogens with one attached hydrogen (secondary N) is 1. The summed E-state index contributed by atoms with van der Waals surface area (Å²) in [6.07, 6.45) is 0. The third kappa shape index (κ3) is 4.40. The predicted molar refractivity (Wildman–Crippen MR) is 109 cm³/mol. The predicted octanol–water partition coefficient (Wildman–Crippen LogP) is 2.89. The summed E-state index contributed by atoms with van der Waals surface area (Å²) >= 11 is 0. The van der Waals surface area contributed by atoms with Gasteiger partial charge in [-0.25, -0.2) is 0 Å². The van der Waals surface area contributed by atoms with E-state index < -0.39 is 0 Å². The van der Waals surface area contributed by atoms with Crippen molar-refractivity contribution < 1.29 is 9.32 Å². The van der Waals surface area contributed by atoms with Crippen molar-refractivity contribution in [1.82, 2.24) is 15.4 Å². The number of aromatic nitrogens is 1. The van der Waals surface area contributed by atoms with Gasteiger partial charge in [0.2, 0.25) is 0 Å². The van der Waals surface area contributed by atoms with Crippen LogP contribution in [-0.2, 0) is 0 Å². The first-order valence-corrected chi connectivity index (χ1v) is 9.62. The Morgan fingerprint density at radius 3 is 2.36 bits per heavy atom. The monoisotopic (exact) mass is 376 g/mol. The molecule has 1 amide bonds. The van der Waals surface area contributed by atoms with Crippen molar-refractivity contribution in [1.29, 1.82) is 0 Å². The van der Waals surface area contributed by atoms with Crippen molar-refractivity contribution in [2.45, 2.75) is 0 Å². The number of rotatable bonds is 6. The number of carbonyl (C=O) groups excluding carboxylic acids is 1. The van der Waals surface area contributed by atoms with Crippen LogP contribution in [0.1, 0.15) is 10.5 Å². The van der Waals surface area contributed by atoms with E-state index in [9.17, 15) is 4.79 Å². The van der Waals surface area contributed by atoms with Gasteiger partial charge in [-0.3, -0.25) is 9.69 Å². The van der Waals surface area contributed by atoms with Crippen LogP contribution >= 0.6 is 0 Å². The van der Waals surface area contributed by atoms with E-state index in [1.807, 2.05) is 36.4 Å². The van der Waals surface area contributed by atoms with Crippen LogP contribution < -0.4 is 10.2 Å². The first-order chi connectivity index (χ1) is 13.8. The fraction of sp³-hybridized carbons (Fsp3) is 0.273. The van der Waals surface area contributed by atoms with Gasteiger partial charge < -0.3 is 14.7 Å². The van der Waals surface area contributed by atoms with E-state index >= 15 is 0 Å². The normalized spacial score (nSPS) is 14.8. The Bertz CT molecular complexity index is 887. The summed E-state index contributed by atoms with van der Waals surface area (Å²) in [7, 11) is 0. The fourth-order valence-electron chi connectivity index (χ4n) is 3.41. The van der Waals surface area contributed by atoms with Gasteiger partial charge in [0, 0.05) is 56.6 Å². The third-order valence-electron chi connectivity index (χ3n) is 5.01. The van der Waals surface area contributed by atoms with Gasteiger partial charge in [-0.1, -0.05) is 53.7 Å². The first-order valence-electron chi connectivity index (χ1n) is 9.62. The summed E-state index contributed by atoms with van der Waals surface area (Å²) < 4.78 is 5.30. The second-order valence-electron chi connectivity index (χ2n) is 6.86. The Kier molecular flexibility index (Phi) is 5.68. The van der Waals surface area contributed by atoms with Gasteiger partial charge in [0.05, 0.1) is 0 Å². The van der Waals surface area contributed by atoms with Gasteiger partial charge in [0.25, 0.3) is 5.91 Å². The molecule has 6 heteroatoms. The highest BCUT2D eigenvalue weighted by molar-refractivity contribution is 5.93. The molecule has 1 aromatic heterocycles. The van der Waals surface area contributed by atoms with Gasteiger partial charge in [-0.2, -0.15) is 0 Å². The molecule has 1 saturated heterocycles. The highest BCUT2D eigenvalue weighted by Crippen LogP contribution is 2.19. The number of anilines is 1. The molecule has 4 rings (SSSR count). The smallest absolute Gasteiger partial charge is 0.273 e. The largest absolute Gasteiger partial charge is 0.369 e. The molecule has 0 atom stereocenters. The maximum absolute atomic E-state index is 12.3. The van der Waals surface area contributed by atoms with Crippen molar-refractivity contribution >= 4 is 11.6 Å². The second-order valence-corrected chi connectivity index (χ2v) is 6.86. The van der Waals surface area contributed by atoms with Crippen LogP contribution in [0, 0.1) is 0 Å². The fourth-order valence-corrected chi connectivity index (χ4v) is 3.41. The van der Waals surface area contributed by atoms with E-state index in [1.54, 1.807) is 6.07 Å². The summed E-state index contributed by atoms with van der Waals surface area (Å²) in [5.41, 5.74) is 2.49. The zero-order valence-corrected chi connectivity index (χ0v) is 15.8. The van der Waals surface area contributed by atoms with E-state index in [0.29, 0.717) is 18.0 Å². The molecule has 3 aromatic rings. The molecule has 6 nitrogen and oxygen atoms in total. The lowest BCUT2D eigenvalue weighted by molar-refractivity contribution is 0.0939. The van der Waals surface area contributed by atoms with E-state index in [2.05, 4.69) is 44.5 Å². The van der Waals surface area contributed by atoms with Crippen molar-refractivity contribution in [3.63, 3.8) is 0 Å². The highest BCUT2D eigenvalue weighted by Gasteiger charge is 2.18. The van der Waals surface area contributed by atoms with Crippen LogP contribution in [0.3, 0.4) is 0 Å². The minimum absolute atomic E-state index is 0.200. The number of para-hydroxylation sites is 1. The van der Waals surface area contributed by atoms with Crippen molar-refractivity contribution in [3.8, 4) is 11.3 Å². The zero-order chi connectivity index (χ0) is 19.2. The van der Waals surface area contributed by atoms with Crippen molar-refractivity contribution in [3.05, 3.63) is 72.4 Å². The Morgan fingerprint density at radius 1 is 0.964 bits per heavy atom. The third-order valence-corrected chi connectivity index (χ3v) is 5.01. The topological polar surface area (TPSA) is 61.6 Å². The quantitative estimate of drug-likeness (QED) is 0.717. The minimum Gasteiger partial charge on any atom is -0.369 e. The average molecular weight is 376 g/mol. The molecule has 0 aliphatic carbocycles. The molecule has 28 heavy (non-hydrogen) atoms. The lowest BCUT2D eigenvalue weighted by Gasteiger charge is -2.36. The Morgan fingerprint density at radius 2 is 1.64 bits per heavy atom. The summed E-state index contributed by atoms with van der Waals surface area (Å²) in [6.45, 7) is 5.42. The highest BCUT2D eigenvalue weighted by atomic mass is 16.5. The molecule has 0 bridgehead atoms. The Balaban J connectivity index is 1.22. The van der Waals surface area contributed by atoms with E-state index in [0.717, 1.165) is 38.3 Å². The molecular weight excluding hydrogens is 352 g/mol. The lowest BCUT2D eigenvalue weighted by atomic mass is 10.1. The first kappa shape index (κ1) is 18.3. The molecule has 1 aliphatic heterocycles.